The highest BCUT2D eigenvalue weighted by Gasteiger charge is 2.51. The van der Waals surface area contributed by atoms with Crippen LogP contribution in [0, 0.1) is 24.2 Å². The second-order valence-electron chi connectivity index (χ2n) is 16.9. The number of aliphatic hydroxyl groups is 1. The minimum atomic E-state index is -0.311. The molecule has 0 spiro atoms. The number of nitrogens with zero attached hydrogens (tertiary/aromatic N) is 4. The summed E-state index contributed by atoms with van der Waals surface area (Å²) in [5.74, 6) is 2.34. The number of ether oxygens (including phenoxy) is 2. The highest BCUT2D eigenvalue weighted by Crippen LogP contribution is 2.58. The number of hydrogen-bond donors (Lipinski definition) is 1. The molecule has 1 N–H and O–H groups in total. The van der Waals surface area contributed by atoms with E-state index in [4.69, 9.17) is 23.9 Å². The zero-order valence-corrected chi connectivity index (χ0v) is 31.0. The molecular formula is C41H54N4O6. The first-order valence-corrected chi connectivity index (χ1v) is 18.9. The van der Waals surface area contributed by atoms with E-state index in [1.165, 1.54) is 11.1 Å². The highest BCUT2D eigenvalue weighted by atomic mass is 16.6. The molecule has 51 heavy (non-hydrogen) atoms. The lowest BCUT2D eigenvalue weighted by Gasteiger charge is -2.55. The topological polar surface area (TPSA) is 118 Å². The van der Waals surface area contributed by atoms with Crippen molar-refractivity contribution < 1.29 is 28.6 Å². The molecule has 4 saturated carbocycles. The largest absolute Gasteiger partial charge is 0.496 e. The number of pyridine rings is 1. The Morgan fingerprint density at radius 3 is 2.33 bits per heavy atom. The van der Waals surface area contributed by atoms with Crippen LogP contribution in [-0.4, -0.2) is 71.4 Å². The van der Waals surface area contributed by atoms with Crippen molar-refractivity contribution >= 4 is 17.8 Å². The molecule has 1 aliphatic heterocycles. The lowest BCUT2D eigenvalue weighted by molar-refractivity contribution is -0.124. The van der Waals surface area contributed by atoms with Crippen LogP contribution in [0.2, 0.25) is 0 Å². The molecule has 0 radical (unpaired) electrons. The first-order valence-electron chi connectivity index (χ1n) is 18.9. The number of hydrogen-bond acceptors (Lipinski definition) is 8. The second-order valence-corrected chi connectivity index (χ2v) is 16.9. The normalized spacial score (nSPS) is 26.4. The van der Waals surface area contributed by atoms with Crippen molar-refractivity contribution in [3.8, 4) is 17.0 Å². The number of oxazole rings is 1. The summed E-state index contributed by atoms with van der Waals surface area (Å²) in [6.45, 7) is 10.2. The number of amides is 2. The lowest BCUT2D eigenvalue weighted by Crippen LogP contribution is -2.52. The predicted molar refractivity (Wildman–Crippen MR) is 195 cm³/mol. The smallest absolute Gasteiger partial charge is 0.410 e. The summed E-state index contributed by atoms with van der Waals surface area (Å²) >= 11 is 0. The van der Waals surface area contributed by atoms with Gasteiger partial charge in [0.05, 0.1) is 7.11 Å². The third-order valence-corrected chi connectivity index (χ3v) is 12.4. The molecule has 4 aliphatic carbocycles. The summed E-state index contributed by atoms with van der Waals surface area (Å²) in [6.07, 6.45) is 12.1. The summed E-state index contributed by atoms with van der Waals surface area (Å²) in [6, 6.07) is 10.6. The van der Waals surface area contributed by atoms with Crippen LogP contribution in [0.15, 0.2) is 47.2 Å². The fourth-order valence-corrected chi connectivity index (χ4v) is 8.92. The molecule has 1 aromatic carbocycles. The van der Waals surface area contributed by atoms with E-state index in [1.54, 1.807) is 24.5 Å². The number of anilines is 1. The van der Waals surface area contributed by atoms with Crippen LogP contribution in [0.4, 0.5) is 10.6 Å². The Morgan fingerprint density at radius 1 is 1.02 bits per heavy atom. The number of carbonyl (C=O) groups excluding carboxylic acids is 2. The molecule has 2 bridgehead atoms. The molecule has 3 heterocycles. The first kappa shape index (κ1) is 35.5. The number of aromatic nitrogens is 2. The Hall–Kier alpha value is -3.92. The molecule has 0 unspecified atom stereocenters. The highest BCUT2D eigenvalue weighted by molar-refractivity contribution is 5.95. The minimum Gasteiger partial charge on any atom is -0.496 e. The Balaban J connectivity index is 1.09. The van der Waals surface area contributed by atoms with Crippen LogP contribution in [0.3, 0.4) is 0 Å². The van der Waals surface area contributed by atoms with E-state index in [2.05, 4.69) is 45.9 Å². The monoisotopic (exact) mass is 698 g/mol. The minimum absolute atomic E-state index is 0.0281. The summed E-state index contributed by atoms with van der Waals surface area (Å²) < 4.78 is 17.2. The molecule has 10 heteroatoms. The van der Waals surface area contributed by atoms with Crippen LogP contribution in [0.5, 0.6) is 5.75 Å². The average Bonchev–Trinajstić information content (AvgIpc) is 3.63. The molecule has 1 saturated heterocycles. The number of benzene rings is 1. The van der Waals surface area contributed by atoms with Gasteiger partial charge in [-0.25, -0.2) is 14.8 Å². The van der Waals surface area contributed by atoms with E-state index >= 15 is 0 Å². The number of carbonyl (C=O) groups is 2. The van der Waals surface area contributed by atoms with E-state index < -0.39 is 0 Å². The third kappa shape index (κ3) is 7.13. The number of likely N-dealkylation sites (tertiary alicyclic amines) is 1. The Labute approximate surface area is 301 Å². The van der Waals surface area contributed by atoms with Crippen LogP contribution in [0.1, 0.15) is 102 Å². The summed E-state index contributed by atoms with van der Waals surface area (Å²) in [5.41, 5.74) is 4.19. The van der Waals surface area contributed by atoms with Gasteiger partial charge in [-0.2, -0.15) is 0 Å². The van der Waals surface area contributed by atoms with Gasteiger partial charge in [0.2, 0.25) is 5.91 Å². The van der Waals surface area contributed by atoms with E-state index in [1.807, 2.05) is 17.0 Å². The Morgan fingerprint density at radius 2 is 1.73 bits per heavy atom. The summed E-state index contributed by atoms with van der Waals surface area (Å²) in [7, 11) is 1.73. The van der Waals surface area contributed by atoms with Gasteiger partial charge in [0.25, 0.3) is 0 Å². The number of aryl methyl sites for hydroxylation is 1. The number of aliphatic hydroxyl groups excluding tert-OH is 1. The van der Waals surface area contributed by atoms with Crippen molar-refractivity contribution in [2.45, 2.75) is 109 Å². The summed E-state index contributed by atoms with van der Waals surface area (Å²) in [5, 5.41) is 9.31. The Bertz CT molecular complexity index is 1710. The average molecular weight is 699 g/mol. The predicted octanol–water partition coefficient (Wildman–Crippen LogP) is 7.60. The molecule has 5 fully saturated rings. The van der Waals surface area contributed by atoms with Gasteiger partial charge < -0.3 is 23.9 Å². The zero-order valence-electron chi connectivity index (χ0n) is 31.0. The van der Waals surface area contributed by atoms with Gasteiger partial charge in [-0.3, -0.25) is 9.69 Å². The van der Waals surface area contributed by atoms with Crippen molar-refractivity contribution in [2.24, 2.45) is 17.3 Å². The maximum absolute atomic E-state index is 14.7. The van der Waals surface area contributed by atoms with Crippen LogP contribution >= 0.6 is 0 Å². The maximum atomic E-state index is 14.7. The SMILES string of the molecule is COc1ccc(C23CCC(CN(c4cc(-c5coc(C(C)(C)C)n5)ccn4)C(=O)[C@H]4CC[C@H](OC(=O)N5CC(CO)C5)CC4)(CC2)CC3)cc1C. The van der Waals surface area contributed by atoms with Gasteiger partial charge in [-0.05, 0) is 111 Å². The molecule has 3 aromatic rings. The summed E-state index contributed by atoms with van der Waals surface area (Å²) in [4.78, 5) is 40.5. The van der Waals surface area contributed by atoms with Crippen LogP contribution < -0.4 is 9.64 Å². The van der Waals surface area contributed by atoms with Crippen molar-refractivity contribution in [2.75, 3.05) is 38.3 Å². The van der Waals surface area contributed by atoms with Gasteiger partial charge in [0.1, 0.15) is 29.6 Å². The van der Waals surface area contributed by atoms with Crippen LogP contribution in [0.25, 0.3) is 11.3 Å². The zero-order chi connectivity index (χ0) is 36.0. The molecule has 10 nitrogen and oxygen atoms in total. The second kappa shape index (κ2) is 13.9. The van der Waals surface area contributed by atoms with Crippen molar-refractivity contribution in [1.82, 2.24) is 14.9 Å². The molecule has 0 atom stereocenters. The Kier molecular flexibility index (Phi) is 9.67. The van der Waals surface area contributed by atoms with Gasteiger partial charge >= 0.3 is 6.09 Å². The van der Waals surface area contributed by atoms with E-state index in [0.29, 0.717) is 57.0 Å². The van der Waals surface area contributed by atoms with E-state index in [9.17, 15) is 14.7 Å². The number of methoxy groups -OCH3 is 1. The van der Waals surface area contributed by atoms with E-state index in [0.717, 1.165) is 55.5 Å². The maximum Gasteiger partial charge on any atom is 0.410 e. The quantitative estimate of drug-likeness (QED) is 0.243. The third-order valence-electron chi connectivity index (χ3n) is 12.4. The molecule has 2 aromatic heterocycles. The fourth-order valence-electron chi connectivity index (χ4n) is 8.92. The number of rotatable bonds is 9. The van der Waals surface area contributed by atoms with Crippen molar-refractivity contribution in [3.05, 3.63) is 59.8 Å². The molecular weight excluding hydrogens is 644 g/mol. The standard InChI is InChI=1S/C41H54N4O6/c1-27-20-31(8-11-34(27)49-5)41-16-13-40(14-17-41,15-18-41)26-45(35-21-30(12-19-42-35)33-25-50-37(43-33)39(2,3)4)36(47)29-6-9-32(10-7-29)51-38(48)44-22-28(23-44)24-46/h8,11-12,19-21,25,28-29,32,46H,6-7,9-10,13-18,22-24,26H2,1-5H3/t29-,32-,40?,41?. The molecule has 5 aliphatic rings. The molecule has 2 amide bonds. The van der Waals surface area contributed by atoms with Gasteiger partial charge in [0.15, 0.2) is 5.89 Å². The van der Waals surface area contributed by atoms with Crippen molar-refractivity contribution in [3.63, 3.8) is 0 Å². The number of fused-ring (bicyclic) bond motifs is 3. The molecule has 274 valence electrons. The van der Waals surface area contributed by atoms with Gasteiger partial charge in [0, 0.05) is 55.3 Å². The van der Waals surface area contributed by atoms with E-state index in [-0.39, 0.29) is 52.8 Å². The van der Waals surface area contributed by atoms with Gasteiger partial charge in [-0.1, -0.05) is 32.9 Å². The van der Waals surface area contributed by atoms with Gasteiger partial charge in [-0.15, -0.1) is 0 Å². The first-order chi connectivity index (χ1) is 24.4. The lowest BCUT2D eigenvalue weighted by atomic mass is 9.51. The molecule has 8 rings (SSSR count). The van der Waals surface area contributed by atoms with Crippen molar-refractivity contribution in [1.29, 1.82) is 0 Å². The van der Waals surface area contributed by atoms with Crippen LogP contribution in [-0.2, 0) is 20.4 Å². The fraction of sp³-hybridized carbons (Fsp3) is 0.610.